The van der Waals surface area contributed by atoms with Crippen molar-refractivity contribution >= 4 is 17.5 Å². The topological polar surface area (TPSA) is 137 Å². The minimum Gasteiger partial charge on any atom is -0.463 e. The summed E-state index contributed by atoms with van der Waals surface area (Å²) in [7, 11) is 0. The summed E-state index contributed by atoms with van der Waals surface area (Å²) in [5.41, 5.74) is 0.575. The minimum absolute atomic E-state index is 0.210. The zero-order valence-corrected chi connectivity index (χ0v) is 13.9. The van der Waals surface area contributed by atoms with Crippen LogP contribution in [0.15, 0.2) is 24.3 Å². The molecule has 1 fully saturated rings. The molecule has 1 heterocycles. The van der Waals surface area contributed by atoms with Crippen LogP contribution in [0.1, 0.15) is 13.8 Å². The number of ether oxygens (including phenoxy) is 2. The molecule has 138 valence electrons. The first-order valence-electron chi connectivity index (χ1n) is 7.75. The summed E-state index contributed by atoms with van der Waals surface area (Å²) in [5, 5.41) is 34.5. The largest absolute Gasteiger partial charge is 0.463 e. The van der Waals surface area contributed by atoms with Crippen molar-refractivity contribution in [2.45, 2.75) is 44.5 Å². The van der Waals surface area contributed by atoms with E-state index in [9.17, 15) is 24.9 Å². The summed E-state index contributed by atoms with van der Waals surface area (Å²) in [5.74, 6) is -0.287. The van der Waals surface area contributed by atoms with Crippen LogP contribution >= 0.6 is 0 Å². The predicted octanol–water partition coefficient (Wildman–Crippen LogP) is -1.03. The molecule has 0 radical (unpaired) electrons. The standard InChI is InChI=1S/C16H22N2O7/c1-8(20)17-10-3-5-11(6-4-10)24-16-13(18-9(2)21)15(23)14(22)12(7-19)25-16/h3-6,12-16,19,22-23H,7H2,1-2H3,(H,17,20)(H,18,21)/t12-,13+,14+,15-,16+/m1/s1. The predicted molar refractivity (Wildman–Crippen MR) is 86.7 cm³/mol. The zero-order valence-electron chi connectivity index (χ0n) is 13.9. The average molecular weight is 354 g/mol. The summed E-state index contributed by atoms with van der Waals surface area (Å²) >= 11 is 0. The summed E-state index contributed by atoms with van der Waals surface area (Å²) in [6.07, 6.45) is -4.92. The lowest BCUT2D eigenvalue weighted by Crippen LogP contribution is -2.65. The van der Waals surface area contributed by atoms with Gasteiger partial charge in [0.1, 0.15) is 30.1 Å². The van der Waals surface area contributed by atoms with Crippen LogP contribution in [-0.2, 0) is 14.3 Å². The molecule has 9 heteroatoms. The van der Waals surface area contributed by atoms with Crippen LogP contribution in [-0.4, -0.2) is 64.4 Å². The molecule has 2 rings (SSSR count). The third-order valence-corrected chi connectivity index (χ3v) is 3.68. The molecule has 0 aromatic heterocycles. The number of benzene rings is 1. The SMILES string of the molecule is CC(=O)Nc1ccc(O[C@H]2O[C@H](CO)[C@H](O)[C@H](O)[C@@H]2NC(C)=O)cc1. The minimum atomic E-state index is -1.38. The molecule has 1 aromatic rings. The molecule has 5 atom stereocenters. The van der Waals surface area contributed by atoms with E-state index in [1.165, 1.54) is 13.8 Å². The highest BCUT2D eigenvalue weighted by Gasteiger charge is 2.46. The number of carbonyl (C=O) groups is 2. The van der Waals surface area contributed by atoms with Gasteiger partial charge in [-0.2, -0.15) is 0 Å². The van der Waals surface area contributed by atoms with Gasteiger partial charge in [-0.25, -0.2) is 0 Å². The van der Waals surface area contributed by atoms with Crippen molar-refractivity contribution in [3.63, 3.8) is 0 Å². The molecule has 9 nitrogen and oxygen atoms in total. The highest BCUT2D eigenvalue weighted by atomic mass is 16.7. The number of carbonyl (C=O) groups excluding carboxylic acids is 2. The number of hydrogen-bond donors (Lipinski definition) is 5. The fraction of sp³-hybridized carbons (Fsp3) is 0.500. The van der Waals surface area contributed by atoms with Gasteiger partial charge in [-0.3, -0.25) is 9.59 Å². The Hall–Kier alpha value is -2.20. The smallest absolute Gasteiger partial charge is 0.223 e. The lowest BCUT2D eigenvalue weighted by molar-refractivity contribution is -0.244. The number of rotatable bonds is 5. The normalized spacial score (nSPS) is 28.9. The molecule has 1 aliphatic rings. The van der Waals surface area contributed by atoms with Crippen LogP contribution in [0.5, 0.6) is 5.75 Å². The number of amides is 2. The maximum Gasteiger partial charge on any atom is 0.223 e. The summed E-state index contributed by atoms with van der Waals surface area (Å²) < 4.78 is 11.1. The fourth-order valence-electron chi connectivity index (χ4n) is 2.53. The van der Waals surface area contributed by atoms with Gasteiger partial charge in [0.2, 0.25) is 18.1 Å². The Bertz CT molecular complexity index is 607. The Morgan fingerprint density at radius 1 is 1.12 bits per heavy atom. The van der Waals surface area contributed by atoms with Gasteiger partial charge < -0.3 is 35.4 Å². The van der Waals surface area contributed by atoms with Crippen molar-refractivity contribution in [2.75, 3.05) is 11.9 Å². The number of hydrogen-bond acceptors (Lipinski definition) is 7. The van der Waals surface area contributed by atoms with Crippen LogP contribution in [0.2, 0.25) is 0 Å². The molecular weight excluding hydrogens is 332 g/mol. The molecule has 0 unspecified atom stereocenters. The third-order valence-electron chi connectivity index (χ3n) is 3.68. The lowest BCUT2D eigenvalue weighted by Gasteiger charge is -2.42. The van der Waals surface area contributed by atoms with Gasteiger partial charge in [-0.15, -0.1) is 0 Å². The number of aliphatic hydroxyl groups is 3. The molecule has 25 heavy (non-hydrogen) atoms. The van der Waals surface area contributed by atoms with E-state index in [0.717, 1.165) is 0 Å². The molecular formula is C16H22N2O7. The fourth-order valence-corrected chi connectivity index (χ4v) is 2.53. The molecule has 0 saturated carbocycles. The maximum atomic E-state index is 11.4. The van der Waals surface area contributed by atoms with Crippen molar-refractivity contribution in [1.82, 2.24) is 5.32 Å². The highest BCUT2D eigenvalue weighted by Crippen LogP contribution is 2.25. The van der Waals surface area contributed by atoms with Gasteiger partial charge >= 0.3 is 0 Å². The molecule has 5 N–H and O–H groups in total. The van der Waals surface area contributed by atoms with Crippen molar-refractivity contribution in [3.05, 3.63) is 24.3 Å². The Balaban J connectivity index is 2.15. The lowest BCUT2D eigenvalue weighted by atomic mass is 9.97. The molecule has 0 aliphatic carbocycles. The van der Waals surface area contributed by atoms with Gasteiger partial charge in [0, 0.05) is 19.5 Å². The Kier molecular flexibility index (Phi) is 6.32. The molecule has 2 amide bonds. The molecule has 1 aliphatic heterocycles. The van der Waals surface area contributed by atoms with Crippen molar-refractivity contribution in [1.29, 1.82) is 0 Å². The van der Waals surface area contributed by atoms with Crippen LogP contribution in [0.25, 0.3) is 0 Å². The number of nitrogens with one attached hydrogen (secondary N) is 2. The Labute approximate surface area is 144 Å². The number of anilines is 1. The Morgan fingerprint density at radius 2 is 1.76 bits per heavy atom. The molecule has 0 spiro atoms. The van der Waals surface area contributed by atoms with Crippen LogP contribution in [0, 0.1) is 0 Å². The van der Waals surface area contributed by atoms with E-state index >= 15 is 0 Å². The van der Waals surface area contributed by atoms with E-state index in [2.05, 4.69) is 10.6 Å². The zero-order chi connectivity index (χ0) is 18.6. The van der Waals surface area contributed by atoms with Crippen molar-refractivity contribution < 1.29 is 34.4 Å². The van der Waals surface area contributed by atoms with Gasteiger partial charge in [-0.1, -0.05) is 0 Å². The summed E-state index contributed by atoms with van der Waals surface area (Å²) in [6.45, 7) is 2.13. The van der Waals surface area contributed by atoms with E-state index in [1.54, 1.807) is 24.3 Å². The molecule has 1 saturated heterocycles. The van der Waals surface area contributed by atoms with Gasteiger partial charge in [-0.05, 0) is 24.3 Å². The second-order valence-electron chi connectivity index (χ2n) is 5.76. The van der Waals surface area contributed by atoms with E-state index in [1.807, 2.05) is 0 Å². The first-order valence-corrected chi connectivity index (χ1v) is 7.75. The van der Waals surface area contributed by atoms with Gasteiger partial charge in [0.25, 0.3) is 0 Å². The Morgan fingerprint density at radius 3 is 2.28 bits per heavy atom. The second-order valence-corrected chi connectivity index (χ2v) is 5.76. The van der Waals surface area contributed by atoms with Crippen molar-refractivity contribution in [3.8, 4) is 5.75 Å². The van der Waals surface area contributed by atoms with E-state index in [-0.39, 0.29) is 5.91 Å². The first-order chi connectivity index (χ1) is 11.8. The van der Waals surface area contributed by atoms with E-state index < -0.39 is 43.2 Å². The average Bonchev–Trinajstić information content (AvgIpc) is 2.55. The second kappa shape index (κ2) is 8.26. The third kappa shape index (κ3) is 4.89. The van der Waals surface area contributed by atoms with E-state index in [0.29, 0.717) is 11.4 Å². The maximum absolute atomic E-state index is 11.4. The van der Waals surface area contributed by atoms with Gasteiger partial charge in [0.05, 0.1) is 6.61 Å². The van der Waals surface area contributed by atoms with Crippen LogP contribution in [0.4, 0.5) is 5.69 Å². The van der Waals surface area contributed by atoms with Crippen LogP contribution in [0.3, 0.4) is 0 Å². The van der Waals surface area contributed by atoms with Crippen molar-refractivity contribution in [2.24, 2.45) is 0 Å². The van der Waals surface area contributed by atoms with Crippen LogP contribution < -0.4 is 15.4 Å². The number of aliphatic hydroxyl groups excluding tert-OH is 3. The quantitative estimate of drug-likeness (QED) is 0.456. The summed E-state index contributed by atoms with van der Waals surface area (Å²) in [6, 6.07) is 5.35. The van der Waals surface area contributed by atoms with Gasteiger partial charge in [0.15, 0.2) is 0 Å². The highest BCUT2D eigenvalue weighted by molar-refractivity contribution is 5.88. The first kappa shape index (κ1) is 19.1. The van der Waals surface area contributed by atoms with E-state index in [4.69, 9.17) is 9.47 Å². The molecule has 1 aromatic carbocycles. The monoisotopic (exact) mass is 354 g/mol. The summed E-state index contributed by atoms with van der Waals surface area (Å²) in [4.78, 5) is 22.4. The molecule has 0 bridgehead atoms.